The van der Waals surface area contributed by atoms with Crippen LogP contribution in [0.15, 0.2) is 155 Å². The van der Waals surface area contributed by atoms with Gasteiger partial charge < -0.3 is 20.9 Å². The minimum absolute atomic E-state index is 0.203. The molecule has 0 aliphatic carbocycles. The molecule has 6 heteroatoms. The lowest BCUT2D eigenvalue weighted by atomic mass is 9.78. The molecule has 0 spiro atoms. The number of hydrogen-bond acceptors (Lipinski definition) is 5. The van der Waals surface area contributed by atoms with E-state index in [2.05, 4.69) is 64.1 Å². The summed E-state index contributed by atoms with van der Waals surface area (Å²) in [7, 11) is -1.35. The maximum atomic E-state index is 13.3. The molecule has 6 aromatic rings. The quantitative estimate of drug-likeness (QED) is 0.144. The molecular formula is C42H40N2O3S. The molecule has 5 nitrogen and oxygen atoms in total. The Morgan fingerprint density at radius 2 is 0.750 bits per heavy atom. The zero-order valence-electron chi connectivity index (χ0n) is 27.6. The number of ether oxygens (including phenoxy) is 2. The number of nitrogens with two attached hydrogens (primary N) is 2. The molecule has 0 atom stereocenters. The van der Waals surface area contributed by atoms with E-state index >= 15 is 0 Å². The number of rotatable bonds is 10. The van der Waals surface area contributed by atoms with Gasteiger partial charge in [-0.1, -0.05) is 76.2 Å². The second-order valence-electron chi connectivity index (χ2n) is 13.0. The third-order valence-electron chi connectivity index (χ3n) is 8.92. The van der Waals surface area contributed by atoms with E-state index in [4.69, 9.17) is 20.9 Å². The molecule has 0 aliphatic heterocycles. The lowest BCUT2D eigenvalue weighted by molar-refractivity contribution is 0.481. The highest BCUT2D eigenvalue weighted by molar-refractivity contribution is 7.85. The zero-order chi connectivity index (χ0) is 33.9. The normalized spacial score (nSPS) is 11.8. The first kappa shape index (κ1) is 32.6. The molecule has 0 radical (unpaired) electrons. The number of anilines is 2. The van der Waals surface area contributed by atoms with Crippen molar-refractivity contribution in [3.63, 3.8) is 0 Å². The van der Waals surface area contributed by atoms with Gasteiger partial charge in [-0.3, -0.25) is 0 Å². The predicted molar refractivity (Wildman–Crippen MR) is 197 cm³/mol. The van der Waals surface area contributed by atoms with Crippen molar-refractivity contribution in [3.8, 4) is 23.0 Å². The molecular weight excluding hydrogens is 613 g/mol. The monoisotopic (exact) mass is 652 g/mol. The first-order valence-corrected chi connectivity index (χ1v) is 17.0. The second-order valence-corrected chi connectivity index (χ2v) is 14.4. The van der Waals surface area contributed by atoms with E-state index in [1.807, 2.05) is 109 Å². The van der Waals surface area contributed by atoms with Gasteiger partial charge in [0.05, 0.1) is 10.8 Å². The van der Waals surface area contributed by atoms with Crippen LogP contribution in [0.3, 0.4) is 0 Å². The van der Waals surface area contributed by atoms with Gasteiger partial charge in [-0.25, -0.2) is 4.21 Å². The predicted octanol–water partition coefficient (Wildman–Crippen LogP) is 10.3. The standard InChI is InChI=1S/C42H40N2O3S/c1-41(2,31-7-5-9-33(43)27-31)29-11-15-35(16-12-29)46-37-19-23-39(24-20-37)48(45)40-25-21-38(22-26-40)47-36-17-13-30(14-18-36)42(3,4)32-8-6-10-34(44)28-32/h5-28H,43-44H2,1-4H3. The van der Waals surface area contributed by atoms with E-state index in [1.54, 1.807) is 0 Å². The summed E-state index contributed by atoms with van der Waals surface area (Å²) < 4.78 is 25.5. The first-order valence-electron chi connectivity index (χ1n) is 15.9. The van der Waals surface area contributed by atoms with Gasteiger partial charge in [-0.2, -0.15) is 0 Å². The van der Waals surface area contributed by atoms with E-state index in [9.17, 15) is 4.21 Å². The molecule has 0 aliphatic rings. The molecule has 0 saturated heterocycles. The van der Waals surface area contributed by atoms with Crippen LogP contribution in [0.5, 0.6) is 23.0 Å². The van der Waals surface area contributed by atoms with Crippen LogP contribution in [0.4, 0.5) is 11.4 Å². The van der Waals surface area contributed by atoms with Crippen LogP contribution in [0.2, 0.25) is 0 Å². The lowest BCUT2D eigenvalue weighted by Gasteiger charge is -2.26. The van der Waals surface area contributed by atoms with Crippen molar-refractivity contribution in [1.29, 1.82) is 0 Å². The molecule has 0 unspecified atom stereocenters. The molecule has 0 fully saturated rings. The Labute approximate surface area is 285 Å². The van der Waals surface area contributed by atoms with Crippen LogP contribution in [0.1, 0.15) is 49.9 Å². The SMILES string of the molecule is CC(C)(c1ccc(Oc2ccc(S(=O)c3ccc(Oc4ccc(C(C)(C)c5cccc(N)c5)cc4)cc3)cc2)cc1)c1cccc(N)c1. The van der Waals surface area contributed by atoms with Crippen molar-refractivity contribution >= 4 is 22.2 Å². The minimum Gasteiger partial charge on any atom is -0.457 e. The summed E-state index contributed by atoms with van der Waals surface area (Å²) in [6, 6.07) is 46.9. The Hall–Kier alpha value is -5.33. The summed E-state index contributed by atoms with van der Waals surface area (Å²) in [6.07, 6.45) is 0. The van der Waals surface area contributed by atoms with Crippen LogP contribution >= 0.6 is 0 Å². The van der Waals surface area contributed by atoms with Gasteiger partial charge >= 0.3 is 0 Å². The van der Waals surface area contributed by atoms with Crippen molar-refractivity contribution < 1.29 is 13.7 Å². The Kier molecular flexibility index (Phi) is 9.11. The summed E-state index contributed by atoms with van der Waals surface area (Å²) in [6.45, 7) is 8.73. The highest BCUT2D eigenvalue weighted by Gasteiger charge is 2.24. The molecule has 242 valence electrons. The topological polar surface area (TPSA) is 87.6 Å². The fourth-order valence-electron chi connectivity index (χ4n) is 5.74. The summed E-state index contributed by atoms with van der Waals surface area (Å²) in [5.74, 6) is 2.80. The van der Waals surface area contributed by atoms with E-state index < -0.39 is 10.8 Å². The maximum absolute atomic E-state index is 13.3. The van der Waals surface area contributed by atoms with Crippen molar-refractivity contribution in [2.24, 2.45) is 0 Å². The number of benzene rings is 6. The van der Waals surface area contributed by atoms with Crippen molar-refractivity contribution in [2.75, 3.05) is 11.5 Å². The van der Waals surface area contributed by atoms with E-state index in [0.29, 0.717) is 21.3 Å². The van der Waals surface area contributed by atoms with Gasteiger partial charge in [0.25, 0.3) is 0 Å². The average Bonchev–Trinajstić information content (AvgIpc) is 3.09. The molecule has 0 saturated carbocycles. The van der Waals surface area contributed by atoms with Gasteiger partial charge in [-0.05, 0) is 119 Å². The third-order valence-corrected chi connectivity index (χ3v) is 10.3. The van der Waals surface area contributed by atoms with E-state index in [1.165, 1.54) is 0 Å². The lowest BCUT2D eigenvalue weighted by Crippen LogP contribution is -2.18. The van der Waals surface area contributed by atoms with Gasteiger partial charge in [0.2, 0.25) is 0 Å². The molecule has 0 aromatic heterocycles. The van der Waals surface area contributed by atoms with Crippen LogP contribution in [-0.4, -0.2) is 4.21 Å². The molecule has 0 amide bonds. The molecule has 4 N–H and O–H groups in total. The van der Waals surface area contributed by atoms with E-state index in [0.717, 1.165) is 45.1 Å². The van der Waals surface area contributed by atoms with Crippen molar-refractivity contribution in [3.05, 3.63) is 168 Å². The van der Waals surface area contributed by atoms with Crippen LogP contribution < -0.4 is 20.9 Å². The molecule has 0 heterocycles. The summed E-state index contributed by atoms with van der Waals surface area (Å²) in [5.41, 5.74) is 17.8. The summed E-state index contributed by atoms with van der Waals surface area (Å²) in [5, 5.41) is 0. The smallest absolute Gasteiger partial charge is 0.127 e. The van der Waals surface area contributed by atoms with Crippen LogP contribution in [0.25, 0.3) is 0 Å². The third kappa shape index (κ3) is 7.14. The number of hydrogen-bond donors (Lipinski definition) is 2. The minimum atomic E-state index is -1.35. The van der Waals surface area contributed by atoms with E-state index in [-0.39, 0.29) is 10.8 Å². The molecule has 0 bridgehead atoms. The molecule has 6 aromatic carbocycles. The second kappa shape index (κ2) is 13.4. The average molecular weight is 653 g/mol. The Balaban J connectivity index is 1.06. The van der Waals surface area contributed by atoms with Crippen molar-refractivity contribution in [1.82, 2.24) is 0 Å². The first-order chi connectivity index (χ1) is 23.0. The van der Waals surface area contributed by atoms with Crippen LogP contribution in [0, 0.1) is 0 Å². The Bertz CT molecular complexity index is 1890. The largest absolute Gasteiger partial charge is 0.457 e. The van der Waals surface area contributed by atoms with Crippen molar-refractivity contribution in [2.45, 2.75) is 48.3 Å². The van der Waals surface area contributed by atoms with Crippen LogP contribution in [-0.2, 0) is 21.6 Å². The fourth-order valence-corrected chi connectivity index (χ4v) is 6.78. The highest BCUT2D eigenvalue weighted by Crippen LogP contribution is 2.36. The Morgan fingerprint density at radius 1 is 0.438 bits per heavy atom. The van der Waals surface area contributed by atoms with Gasteiger partial charge in [0, 0.05) is 32.0 Å². The fraction of sp³-hybridized carbons (Fsp3) is 0.143. The highest BCUT2D eigenvalue weighted by atomic mass is 32.2. The number of nitrogen functional groups attached to an aromatic ring is 2. The van der Waals surface area contributed by atoms with Gasteiger partial charge in [-0.15, -0.1) is 0 Å². The summed E-state index contributed by atoms with van der Waals surface area (Å²) >= 11 is 0. The summed E-state index contributed by atoms with van der Waals surface area (Å²) in [4.78, 5) is 1.38. The van der Waals surface area contributed by atoms with Gasteiger partial charge in [0.15, 0.2) is 0 Å². The zero-order valence-corrected chi connectivity index (χ0v) is 28.5. The Morgan fingerprint density at radius 3 is 1.06 bits per heavy atom. The maximum Gasteiger partial charge on any atom is 0.127 e. The van der Waals surface area contributed by atoms with Gasteiger partial charge in [0.1, 0.15) is 23.0 Å². The molecule has 6 rings (SSSR count). The molecule has 48 heavy (non-hydrogen) atoms.